The molecule has 16 heavy (non-hydrogen) atoms. The Morgan fingerprint density at radius 3 is 2.31 bits per heavy atom. The number of rotatable bonds is 7. The van der Waals surface area contributed by atoms with E-state index in [1.807, 2.05) is 13.8 Å². The fourth-order valence-electron chi connectivity index (χ4n) is 1.14. The highest BCUT2D eigenvalue weighted by Gasteiger charge is 2.22. The Kier molecular flexibility index (Phi) is 7.77. The van der Waals surface area contributed by atoms with Crippen LogP contribution in [-0.4, -0.2) is 25.2 Å². The number of nitrogens with zero attached hydrogens (tertiary/aromatic N) is 2. The molecule has 4 nitrogen and oxygen atoms in total. The average Bonchev–Trinajstić information content (AvgIpc) is 2.16. The molecule has 0 saturated carbocycles. The normalized spacial score (nSPS) is 13.7. The van der Waals surface area contributed by atoms with Gasteiger partial charge in [-0.15, -0.1) is 0 Å². The lowest BCUT2D eigenvalue weighted by atomic mass is 10.1. The molecule has 0 spiro atoms. The quantitative estimate of drug-likeness (QED) is 0.496. The number of hydrogen-bond donors (Lipinski definition) is 0. The number of carbonyl (C=O) groups is 1. The first-order valence-electron chi connectivity index (χ1n) is 6.02. The van der Waals surface area contributed by atoms with E-state index >= 15 is 0 Å². The Morgan fingerprint density at radius 2 is 1.88 bits per heavy atom. The summed E-state index contributed by atoms with van der Waals surface area (Å²) in [6.07, 6.45) is 0.997. The first kappa shape index (κ1) is 15.1. The van der Waals surface area contributed by atoms with E-state index in [9.17, 15) is 4.79 Å². The van der Waals surface area contributed by atoms with Crippen molar-refractivity contribution in [1.29, 1.82) is 0 Å². The van der Waals surface area contributed by atoms with Crippen LogP contribution >= 0.6 is 0 Å². The molecule has 0 bridgehead atoms. The largest absolute Gasteiger partial charge is 0.464 e. The van der Waals surface area contributed by atoms with Gasteiger partial charge >= 0.3 is 5.97 Å². The Hall–Kier alpha value is -0.930. The van der Waals surface area contributed by atoms with Crippen LogP contribution in [-0.2, 0) is 9.53 Å². The molecule has 0 amide bonds. The molecular formula is C12H24N2O2. The number of azo groups is 1. The van der Waals surface area contributed by atoms with Gasteiger partial charge in [-0.2, -0.15) is 10.2 Å². The minimum Gasteiger partial charge on any atom is -0.464 e. The predicted molar refractivity (Wildman–Crippen MR) is 64.4 cm³/mol. The van der Waals surface area contributed by atoms with Crippen molar-refractivity contribution in [3.05, 3.63) is 0 Å². The molecule has 0 rings (SSSR count). The molecule has 0 saturated heterocycles. The number of carbonyl (C=O) groups excluding carboxylic acids is 1. The summed E-state index contributed by atoms with van der Waals surface area (Å²) < 4.78 is 4.95. The van der Waals surface area contributed by atoms with Gasteiger partial charge in [0.1, 0.15) is 0 Å². The molecule has 4 heteroatoms. The van der Waals surface area contributed by atoms with Crippen molar-refractivity contribution in [3.8, 4) is 0 Å². The molecule has 1 unspecified atom stereocenters. The van der Waals surface area contributed by atoms with E-state index in [1.54, 1.807) is 6.92 Å². The first-order chi connectivity index (χ1) is 7.49. The Balaban J connectivity index is 4.17. The van der Waals surface area contributed by atoms with Gasteiger partial charge in [0, 0.05) is 0 Å². The average molecular weight is 228 g/mol. The molecule has 0 aromatic carbocycles. The van der Waals surface area contributed by atoms with Gasteiger partial charge in [-0.1, -0.05) is 27.7 Å². The summed E-state index contributed by atoms with van der Waals surface area (Å²) in [6.45, 7) is 11.0. The van der Waals surface area contributed by atoms with Gasteiger partial charge in [-0.05, 0) is 25.2 Å². The second kappa shape index (κ2) is 8.25. The fourth-order valence-corrected chi connectivity index (χ4v) is 1.14. The van der Waals surface area contributed by atoms with E-state index in [-0.39, 0.29) is 11.9 Å². The molecule has 0 aliphatic heterocycles. The molecule has 1 atom stereocenters. The fraction of sp³-hybridized carbons (Fsp3) is 0.917. The summed E-state index contributed by atoms with van der Waals surface area (Å²) in [7, 11) is 0. The van der Waals surface area contributed by atoms with E-state index in [4.69, 9.17) is 4.74 Å². The van der Waals surface area contributed by atoms with Crippen LogP contribution in [0.4, 0.5) is 0 Å². The van der Waals surface area contributed by atoms with Crippen molar-refractivity contribution >= 4 is 5.97 Å². The van der Waals surface area contributed by atoms with E-state index in [0.717, 1.165) is 6.42 Å². The number of hydrogen-bond acceptors (Lipinski definition) is 4. The Labute approximate surface area is 98.5 Å². The number of ether oxygens (including phenoxy) is 1. The van der Waals surface area contributed by atoms with Crippen LogP contribution < -0.4 is 0 Å². The minimum absolute atomic E-state index is 0.127. The zero-order chi connectivity index (χ0) is 12.6. The van der Waals surface area contributed by atoms with Crippen molar-refractivity contribution in [3.63, 3.8) is 0 Å². The summed E-state index contributed by atoms with van der Waals surface area (Å²) in [5.74, 6) is 0.465. The predicted octanol–water partition coefficient (Wildman–Crippen LogP) is 3.07. The number of esters is 1. The van der Waals surface area contributed by atoms with Crippen LogP contribution in [0.5, 0.6) is 0 Å². The van der Waals surface area contributed by atoms with E-state index < -0.39 is 6.04 Å². The summed E-state index contributed by atoms with van der Waals surface area (Å²) in [5.41, 5.74) is 0. The van der Waals surface area contributed by atoms with Crippen LogP contribution in [0, 0.1) is 11.8 Å². The van der Waals surface area contributed by atoms with Gasteiger partial charge < -0.3 is 4.74 Å². The first-order valence-corrected chi connectivity index (χ1v) is 6.02. The highest BCUT2D eigenvalue weighted by molar-refractivity contribution is 5.76. The van der Waals surface area contributed by atoms with Crippen molar-refractivity contribution in [2.75, 3.05) is 13.2 Å². The maximum atomic E-state index is 11.5. The second-order valence-corrected chi connectivity index (χ2v) is 4.60. The van der Waals surface area contributed by atoms with Crippen molar-refractivity contribution in [1.82, 2.24) is 0 Å². The monoisotopic (exact) mass is 228 g/mol. The maximum absolute atomic E-state index is 11.5. The molecule has 0 aliphatic carbocycles. The van der Waals surface area contributed by atoms with Crippen molar-refractivity contribution in [2.24, 2.45) is 22.1 Å². The summed E-state index contributed by atoms with van der Waals surface area (Å²) in [4.78, 5) is 11.5. The van der Waals surface area contributed by atoms with Crippen LogP contribution in [0.1, 0.15) is 41.0 Å². The van der Waals surface area contributed by atoms with Gasteiger partial charge in [0.2, 0.25) is 0 Å². The third-order valence-electron chi connectivity index (χ3n) is 2.17. The lowest BCUT2D eigenvalue weighted by Gasteiger charge is -2.13. The van der Waals surface area contributed by atoms with Gasteiger partial charge in [0.05, 0.1) is 13.2 Å². The molecule has 0 aromatic heterocycles. The van der Waals surface area contributed by atoms with Crippen molar-refractivity contribution < 1.29 is 9.53 Å². The zero-order valence-electron chi connectivity index (χ0n) is 11.1. The zero-order valence-corrected chi connectivity index (χ0v) is 11.1. The van der Waals surface area contributed by atoms with Crippen LogP contribution in [0.2, 0.25) is 0 Å². The second-order valence-electron chi connectivity index (χ2n) is 4.60. The van der Waals surface area contributed by atoms with Crippen LogP contribution in [0.3, 0.4) is 0 Å². The highest BCUT2D eigenvalue weighted by atomic mass is 16.5. The smallest absolute Gasteiger partial charge is 0.333 e. The molecule has 0 aromatic rings. The van der Waals surface area contributed by atoms with E-state index in [2.05, 4.69) is 24.1 Å². The summed E-state index contributed by atoms with van der Waals surface area (Å²) in [6, 6.07) is -0.452. The van der Waals surface area contributed by atoms with Gasteiger partial charge in [0.25, 0.3) is 0 Å². The highest BCUT2D eigenvalue weighted by Crippen LogP contribution is 2.10. The minimum atomic E-state index is -0.452. The Bertz CT molecular complexity index is 225. The van der Waals surface area contributed by atoms with Crippen LogP contribution in [0.15, 0.2) is 10.2 Å². The standard InChI is InChI=1S/C12H24N2O2/c1-6-16-12(15)11(10(4)5)14-13-8-7-9(2)3/h9-11H,6-8H2,1-5H3. The SMILES string of the molecule is CCOC(=O)C(N=NCCC(C)C)C(C)C. The molecular weight excluding hydrogens is 204 g/mol. The molecule has 0 radical (unpaired) electrons. The Morgan fingerprint density at radius 1 is 1.25 bits per heavy atom. The third-order valence-corrected chi connectivity index (χ3v) is 2.17. The van der Waals surface area contributed by atoms with Crippen LogP contribution in [0.25, 0.3) is 0 Å². The summed E-state index contributed by atoms with van der Waals surface area (Å²) >= 11 is 0. The van der Waals surface area contributed by atoms with Gasteiger partial charge in [-0.25, -0.2) is 4.79 Å². The van der Waals surface area contributed by atoms with E-state index in [1.165, 1.54) is 0 Å². The lowest BCUT2D eigenvalue weighted by Crippen LogP contribution is -2.26. The van der Waals surface area contributed by atoms with Crippen molar-refractivity contribution in [2.45, 2.75) is 47.1 Å². The molecule has 0 heterocycles. The van der Waals surface area contributed by atoms with Gasteiger partial charge in [-0.3, -0.25) is 0 Å². The molecule has 0 fully saturated rings. The van der Waals surface area contributed by atoms with E-state index in [0.29, 0.717) is 19.1 Å². The maximum Gasteiger partial charge on any atom is 0.333 e. The topological polar surface area (TPSA) is 51.0 Å². The summed E-state index contributed by atoms with van der Waals surface area (Å²) in [5, 5.41) is 8.12. The molecule has 0 N–H and O–H groups in total. The lowest BCUT2D eigenvalue weighted by molar-refractivity contribution is -0.145. The molecule has 94 valence electrons. The molecule has 0 aliphatic rings. The third kappa shape index (κ3) is 6.53. The van der Waals surface area contributed by atoms with Gasteiger partial charge in [0.15, 0.2) is 6.04 Å².